The van der Waals surface area contributed by atoms with Gasteiger partial charge < -0.3 is 10.5 Å². The number of hydrogen-bond acceptors (Lipinski definition) is 3. The number of nitrogens with two attached hydrogens (primary N) is 1. The molecule has 0 aliphatic heterocycles. The summed E-state index contributed by atoms with van der Waals surface area (Å²) in [5.41, 5.74) is 9.19. The van der Waals surface area contributed by atoms with Gasteiger partial charge in [-0.1, -0.05) is 18.2 Å². The van der Waals surface area contributed by atoms with Crippen LogP contribution in [0.5, 0.6) is 5.75 Å². The van der Waals surface area contributed by atoms with Crippen molar-refractivity contribution in [1.29, 1.82) is 0 Å². The summed E-state index contributed by atoms with van der Waals surface area (Å²) in [5, 5.41) is 0. The van der Waals surface area contributed by atoms with Gasteiger partial charge in [0.25, 0.3) is 0 Å². The van der Waals surface area contributed by atoms with E-state index in [9.17, 15) is 0 Å². The van der Waals surface area contributed by atoms with E-state index in [2.05, 4.69) is 11.1 Å². The van der Waals surface area contributed by atoms with Crippen molar-refractivity contribution >= 4 is 0 Å². The third kappa shape index (κ3) is 3.08. The Hall–Kier alpha value is -1.87. The van der Waals surface area contributed by atoms with E-state index in [1.165, 1.54) is 5.56 Å². The van der Waals surface area contributed by atoms with Crippen LogP contribution in [0.2, 0.25) is 0 Å². The Bertz CT molecular complexity index is 509. The lowest BCUT2D eigenvalue weighted by Crippen LogP contribution is -2.08. The molecule has 0 spiro atoms. The van der Waals surface area contributed by atoms with Gasteiger partial charge in [0.1, 0.15) is 12.4 Å². The van der Waals surface area contributed by atoms with Gasteiger partial charge in [-0.05, 0) is 31.5 Å². The number of nitrogens with zero attached hydrogens (tertiary/aromatic N) is 1. The summed E-state index contributed by atoms with van der Waals surface area (Å²) in [6.45, 7) is 4.51. The molecule has 0 amide bonds. The number of ether oxygens (including phenoxy) is 1. The zero-order valence-corrected chi connectivity index (χ0v) is 10.8. The molecule has 94 valence electrons. The summed E-state index contributed by atoms with van der Waals surface area (Å²) < 4.78 is 5.85. The second-order valence-corrected chi connectivity index (χ2v) is 4.48. The molecule has 1 atom stereocenters. The Kier molecular flexibility index (Phi) is 3.95. The van der Waals surface area contributed by atoms with Crippen molar-refractivity contribution in [2.24, 2.45) is 5.73 Å². The molecule has 2 N–H and O–H groups in total. The SMILES string of the molecule is Cc1ccc(C(C)N)c(OCc2cccnc2)c1. The van der Waals surface area contributed by atoms with Gasteiger partial charge in [-0.2, -0.15) is 0 Å². The largest absolute Gasteiger partial charge is 0.488 e. The lowest BCUT2D eigenvalue weighted by atomic mass is 10.1. The van der Waals surface area contributed by atoms with E-state index in [1.54, 1.807) is 12.4 Å². The predicted octanol–water partition coefficient (Wildman–Crippen LogP) is 2.99. The standard InChI is InChI=1S/C15H18N2O/c1-11-5-6-14(12(2)16)15(8-11)18-10-13-4-3-7-17-9-13/h3-9,12H,10,16H2,1-2H3. The topological polar surface area (TPSA) is 48.1 Å². The van der Waals surface area contributed by atoms with Crippen LogP contribution in [0.15, 0.2) is 42.7 Å². The molecule has 1 unspecified atom stereocenters. The van der Waals surface area contributed by atoms with Gasteiger partial charge in [0, 0.05) is 29.6 Å². The molecule has 0 fully saturated rings. The first kappa shape index (κ1) is 12.6. The molecule has 0 radical (unpaired) electrons. The first-order valence-electron chi connectivity index (χ1n) is 6.04. The summed E-state index contributed by atoms with van der Waals surface area (Å²) in [6, 6.07) is 9.97. The minimum absolute atomic E-state index is 0.0329. The van der Waals surface area contributed by atoms with Crippen LogP contribution in [0.25, 0.3) is 0 Å². The van der Waals surface area contributed by atoms with Gasteiger partial charge in [0.05, 0.1) is 0 Å². The van der Waals surface area contributed by atoms with Gasteiger partial charge >= 0.3 is 0 Å². The van der Waals surface area contributed by atoms with Crippen molar-refractivity contribution in [3.05, 3.63) is 59.4 Å². The molecule has 18 heavy (non-hydrogen) atoms. The Labute approximate surface area is 108 Å². The molecule has 0 aliphatic rings. The molecular weight excluding hydrogens is 224 g/mol. The number of hydrogen-bond donors (Lipinski definition) is 1. The smallest absolute Gasteiger partial charge is 0.124 e. The van der Waals surface area contributed by atoms with Crippen molar-refractivity contribution in [3.63, 3.8) is 0 Å². The number of aromatic nitrogens is 1. The molecule has 0 saturated carbocycles. The van der Waals surface area contributed by atoms with Gasteiger partial charge in [-0.3, -0.25) is 4.98 Å². The molecular formula is C15H18N2O. The molecule has 0 aliphatic carbocycles. The zero-order valence-electron chi connectivity index (χ0n) is 10.8. The molecule has 3 heteroatoms. The first-order chi connectivity index (χ1) is 8.66. The molecule has 1 aromatic carbocycles. The minimum atomic E-state index is -0.0329. The maximum atomic E-state index is 5.94. The quantitative estimate of drug-likeness (QED) is 0.896. The zero-order chi connectivity index (χ0) is 13.0. The maximum absolute atomic E-state index is 5.94. The second-order valence-electron chi connectivity index (χ2n) is 4.48. The summed E-state index contributed by atoms with van der Waals surface area (Å²) in [7, 11) is 0. The monoisotopic (exact) mass is 242 g/mol. The highest BCUT2D eigenvalue weighted by Crippen LogP contribution is 2.25. The third-order valence-electron chi connectivity index (χ3n) is 2.78. The van der Waals surface area contributed by atoms with E-state index < -0.39 is 0 Å². The summed E-state index contributed by atoms with van der Waals surface area (Å²) >= 11 is 0. The fourth-order valence-corrected chi connectivity index (χ4v) is 1.79. The van der Waals surface area contributed by atoms with Crippen molar-refractivity contribution in [2.75, 3.05) is 0 Å². The Balaban J connectivity index is 2.15. The van der Waals surface area contributed by atoms with Crippen molar-refractivity contribution in [1.82, 2.24) is 4.98 Å². The van der Waals surface area contributed by atoms with Gasteiger partial charge in [-0.15, -0.1) is 0 Å². The third-order valence-corrected chi connectivity index (χ3v) is 2.78. The molecule has 2 aromatic rings. The normalized spacial score (nSPS) is 12.2. The average Bonchev–Trinajstić information content (AvgIpc) is 2.37. The van der Waals surface area contributed by atoms with Crippen LogP contribution in [-0.2, 0) is 6.61 Å². The summed E-state index contributed by atoms with van der Waals surface area (Å²) in [4.78, 5) is 4.07. The first-order valence-corrected chi connectivity index (χ1v) is 6.04. The highest BCUT2D eigenvalue weighted by atomic mass is 16.5. The molecule has 1 heterocycles. The Morgan fingerprint density at radius 1 is 1.33 bits per heavy atom. The molecule has 0 saturated heterocycles. The molecule has 2 rings (SSSR count). The Morgan fingerprint density at radius 3 is 2.83 bits per heavy atom. The van der Waals surface area contributed by atoms with E-state index in [0.29, 0.717) is 6.61 Å². The van der Waals surface area contributed by atoms with Gasteiger partial charge in [0.2, 0.25) is 0 Å². The Morgan fingerprint density at radius 2 is 2.17 bits per heavy atom. The predicted molar refractivity (Wildman–Crippen MR) is 72.4 cm³/mol. The van der Waals surface area contributed by atoms with Gasteiger partial charge in [0.15, 0.2) is 0 Å². The average molecular weight is 242 g/mol. The minimum Gasteiger partial charge on any atom is -0.488 e. The highest BCUT2D eigenvalue weighted by Gasteiger charge is 2.08. The van der Waals surface area contributed by atoms with Crippen LogP contribution in [0.3, 0.4) is 0 Å². The lowest BCUT2D eigenvalue weighted by Gasteiger charge is -2.14. The highest BCUT2D eigenvalue weighted by molar-refractivity contribution is 5.39. The van der Waals surface area contributed by atoms with Crippen LogP contribution in [0.4, 0.5) is 0 Å². The number of rotatable bonds is 4. The summed E-state index contributed by atoms with van der Waals surface area (Å²) in [5.74, 6) is 0.855. The molecule has 0 bridgehead atoms. The molecule has 1 aromatic heterocycles. The van der Waals surface area contributed by atoms with Crippen LogP contribution < -0.4 is 10.5 Å². The number of pyridine rings is 1. The second kappa shape index (κ2) is 5.65. The van der Waals surface area contributed by atoms with Crippen molar-refractivity contribution < 1.29 is 4.74 Å². The van der Waals surface area contributed by atoms with Crippen molar-refractivity contribution in [2.45, 2.75) is 26.5 Å². The molecule has 3 nitrogen and oxygen atoms in total. The summed E-state index contributed by atoms with van der Waals surface area (Å²) in [6.07, 6.45) is 3.56. The van der Waals surface area contributed by atoms with Crippen LogP contribution in [-0.4, -0.2) is 4.98 Å². The maximum Gasteiger partial charge on any atom is 0.124 e. The fraction of sp³-hybridized carbons (Fsp3) is 0.267. The van der Waals surface area contributed by atoms with E-state index in [0.717, 1.165) is 16.9 Å². The van der Waals surface area contributed by atoms with Crippen LogP contribution in [0, 0.1) is 6.92 Å². The van der Waals surface area contributed by atoms with E-state index in [4.69, 9.17) is 10.5 Å². The van der Waals surface area contributed by atoms with Crippen molar-refractivity contribution in [3.8, 4) is 5.75 Å². The lowest BCUT2D eigenvalue weighted by molar-refractivity contribution is 0.301. The van der Waals surface area contributed by atoms with E-state index in [1.807, 2.05) is 38.1 Å². The number of aryl methyl sites for hydroxylation is 1. The van der Waals surface area contributed by atoms with E-state index >= 15 is 0 Å². The van der Waals surface area contributed by atoms with E-state index in [-0.39, 0.29) is 6.04 Å². The number of benzene rings is 1. The van der Waals surface area contributed by atoms with Crippen LogP contribution >= 0.6 is 0 Å². The fourth-order valence-electron chi connectivity index (χ4n) is 1.79. The van der Waals surface area contributed by atoms with Crippen LogP contribution in [0.1, 0.15) is 29.7 Å². The van der Waals surface area contributed by atoms with Gasteiger partial charge in [-0.25, -0.2) is 0 Å².